The molecule has 0 spiro atoms. The minimum atomic E-state index is -0.0258. The molecule has 0 fully saturated rings. The zero-order valence-electron chi connectivity index (χ0n) is 16.9. The van der Waals surface area contributed by atoms with Crippen molar-refractivity contribution >= 4 is 5.91 Å². The highest BCUT2D eigenvalue weighted by molar-refractivity contribution is 5.76. The van der Waals surface area contributed by atoms with Crippen molar-refractivity contribution in [2.24, 2.45) is 5.92 Å². The molecule has 0 saturated carbocycles. The number of benzene rings is 2. The van der Waals surface area contributed by atoms with Gasteiger partial charge in [-0.3, -0.25) is 4.79 Å². The Morgan fingerprint density at radius 2 is 1.79 bits per heavy atom. The molecule has 1 aliphatic rings. The number of fused-ring (bicyclic) bond motifs is 1. The maximum Gasteiger partial charge on any atom is 0.220 e. The number of nitrogens with one attached hydrogen (secondary N) is 1. The lowest BCUT2D eigenvalue weighted by Crippen LogP contribution is -2.31. The Balaban J connectivity index is 1.59. The van der Waals surface area contributed by atoms with Crippen molar-refractivity contribution in [3.05, 3.63) is 53.6 Å². The molecule has 1 N–H and O–H groups in total. The third-order valence-corrected chi connectivity index (χ3v) is 4.91. The molecule has 0 aliphatic carbocycles. The molecular weight excluding hydrogens is 354 g/mol. The molecule has 2 aromatic rings. The third kappa shape index (κ3) is 5.18. The third-order valence-electron chi connectivity index (χ3n) is 4.91. The lowest BCUT2D eigenvalue weighted by molar-refractivity contribution is -0.122. The van der Waals surface area contributed by atoms with Crippen molar-refractivity contribution in [3.63, 3.8) is 0 Å². The van der Waals surface area contributed by atoms with E-state index >= 15 is 0 Å². The Hall–Kier alpha value is -2.69. The van der Waals surface area contributed by atoms with Gasteiger partial charge >= 0.3 is 0 Å². The normalized spacial score (nSPS) is 14.3. The number of carbonyl (C=O) groups excluding carboxylic acids is 1. The number of methoxy groups -OCH3 is 1. The van der Waals surface area contributed by atoms with Crippen LogP contribution in [0.1, 0.15) is 43.9 Å². The number of amides is 1. The summed E-state index contributed by atoms with van der Waals surface area (Å²) in [7, 11) is 1.65. The van der Waals surface area contributed by atoms with Gasteiger partial charge in [-0.05, 0) is 47.7 Å². The molecule has 28 heavy (non-hydrogen) atoms. The second-order valence-corrected chi connectivity index (χ2v) is 7.39. The van der Waals surface area contributed by atoms with E-state index < -0.39 is 0 Å². The van der Waals surface area contributed by atoms with Crippen molar-refractivity contribution < 1.29 is 19.0 Å². The number of aryl methyl sites for hydroxylation is 1. The van der Waals surface area contributed by atoms with Crippen LogP contribution in [0.15, 0.2) is 42.5 Å². The lowest BCUT2D eigenvalue weighted by Gasteiger charge is -2.23. The van der Waals surface area contributed by atoms with Crippen LogP contribution in [0, 0.1) is 5.92 Å². The van der Waals surface area contributed by atoms with Gasteiger partial charge in [0.05, 0.1) is 26.4 Å². The zero-order valence-corrected chi connectivity index (χ0v) is 16.9. The monoisotopic (exact) mass is 383 g/mol. The number of hydrogen-bond acceptors (Lipinski definition) is 4. The summed E-state index contributed by atoms with van der Waals surface area (Å²) in [5.74, 6) is 2.70. The first-order valence-corrected chi connectivity index (χ1v) is 9.88. The van der Waals surface area contributed by atoms with E-state index in [4.69, 9.17) is 14.2 Å². The van der Waals surface area contributed by atoms with Crippen LogP contribution in [0.4, 0.5) is 0 Å². The Labute approximate surface area is 167 Å². The summed E-state index contributed by atoms with van der Waals surface area (Å²) in [4.78, 5) is 12.6. The van der Waals surface area contributed by atoms with Gasteiger partial charge in [-0.1, -0.05) is 32.0 Å². The SMILES string of the molecule is COc1ccc(C(NC(=O)CCc2ccc3c(c2)OCCCO3)C(C)C)cc1. The van der Waals surface area contributed by atoms with Crippen LogP contribution in [-0.2, 0) is 11.2 Å². The Bertz CT molecular complexity index is 786. The molecule has 5 nitrogen and oxygen atoms in total. The van der Waals surface area contributed by atoms with Gasteiger partial charge in [0, 0.05) is 12.8 Å². The highest BCUT2D eigenvalue weighted by Crippen LogP contribution is 2.31. The summed E-state index contributed by atoms with van der Waals surface area (Å²) in [5.41, 5.74) is 2.16. The Morgan fingerprint density at radius 3 is 2.46 bits per heavy atom. The average molecular weight is 383 g/mol. The van der Waals surface area contributed by atoms with Crippen LogP contribution in [-0.4, -0.2) is 26.2 Å². The maximum atomic E-state index is 12.6. The summed E-state index contributed by atoms with van der Waals surface area (Å²) in [5, 5.41) is 3.18. The molecule has 0 saturated heterocycles. The fourth-order valence-electron chi connectivity index (χ4n) is 3.31. The van der Waals surface area contributed by atoms with Crippen LogP contribution >= 0.6 is 0 Å². The van der Waals surface area contributed by atoms with Gasteiger partial charge in [-0.2, -0.15) is 0 Å². The summed E-state index contributed by atoms with van der Waals surface area (Å²) in [6.45, 7) is 5.56. The molecule has 1 atom stereocenters. The molecule has 1 heterocycles. The highest BCUT2D eigenvalue weighted by Gasteiger charge is 2.19. The van der Waals surface area contributed by atoms with E-state index in [1.165, 1.54) is 0 Å². The van der Waals surface area contributed by atoms with Crippen molar-refractivity contribution in [3.8, 4) is 17.2 Å². The molecular formula is C23H29NO4. The van der Waals surface area contributed by atoms with Crippen molar-refractivity contribution in [2.75, 3.05) is 20.3 Å². The molecule has 1 unspecified atom stereocenters. The number of carbonyl (C=O) groups is 1. The van der Waals surface area contributed by atoms with E-state index in [1.54, 1.807) is 7.11 Å². The molecule has 5 heteroatoms. The molecule has 0 radical (unpaired) electrons. The second kappa shape index (κ2) is 9.49. The van der Waals surface area contributed by atoms with Gasteiger partial charge < -0.3 is 19.5 Å². The first-order valence-electron chi connectivity index (χ1n) is 9.88. The molecule has 2 aromatic carbocycles. The minimum absolute atomic E-state index is 0.0258. The largest absolute Gasteiger partial charge is 0.497 e. The fraction of sp³-hybridized carbons (Fsp3) is 0.435. The van der Waals surface area contributed by atoms with E-state index in [0.29, 0.717) is 26.1 Å². The predicted molar refractivity (Wildman–Crippen MR) is 109 cm³/mol. The maximum absolute atomic E-state index is 12.6. The van der Waals surface area contributed by atoms with Gasteiger partial charge in [0.15, 0.2) is 11.5 Å². The van der Waals surface area contributed by atoms with Gasteiger partial charge in [-0.15, -0.1) is 0 Å². The standard InChI is InChI=1S/C23H29NO4/c1-16(2)23(18-7-9-19(26-3)10-8-18)24-22(25)12-6-17-5-11-20-21(15-17)28-14-4-13-27-20/h5,7-11,15-16,23H,4,6,12-14H2,1-3H3,(H,24,25). The minimum Gasteiger partial charge on any atom is -0.497 e. The Kier molecular flexibility index (Phi) is 6.80. The number of hydrogen-bond donors (Lipinski definition) is 1. The fourth-order valence-corrected chi connectivity index (χ4v) is 3.31. The van der Waals surface area contributed by atoms with Crippen LogP contribution in [0.2, 0.25) is 0 Å². The number of rotatable bonds is 7. The lowest BCUT2D eigenvalue weighted by atomic mass is 9.95. The van der Waals surface area contributed by atoms with E-state index in [9.17, 15) is 4.79 Å². The topological polar surface area (TPSA) is 56.8 Å². The van der Waals surface area contributed by atoms with Gasteiger partial charge in [0.25, 0.3) is 0 Å². The summed E-state index contributed by atoms with van der Waals surface area (Å²) < 4.78 is 16.6. The summed E-state index contributed by atoms with van der Waals surface area (Å²) >= 11 is 0. The van der Waals surface area contributed by atoms with Gasteiger partial charge in [0.2, 0.25) is 5.91 Å². The smallest absolute Gasteiger partial charge is 0.220 e. The molecule has 0 aromatic heterocycles. The first-order chi connectivity index (χ1) is 13.6. The van der Waals surface area contributed by atoms with Crippen LogP contribution in [0.3, 0.4) is 0 Å². The van der Waals surface area contributed by atoms with Gasteiger partial charge in [-0.25, -0.2) is 0 Å². The first kappa shape index (κ1) is 20.1. The average Bonchev–Trinajstić information content (AvgIpc) is 2.95. The van der Waals surface area contributed by atoms with Crippen molar-refractivity contribution in [1.82, 2.24) is 5.32 Å². The molecule has 1 amide bonds. The predicted octanol–water partition coefficient (Wildman–Crippen LogP) is 4.30. The quantitative estimate of drug-likeness (QED) is 0.774. The number of ether oxygens (including phenoxy) is 3. The zero-order chi connectivity index (χ0) is 19.9. The van der Waals surface area contributed by atoms with E-state index in [2.05, 4.69) is 19.2 Å². The highest BCUT2D eigenvalue weighted by atomic mass is 16.5. The van der Waals surface area contributed by atoms with E-state index in [0.717, 1.165) is 34.8 Å². The van der Waals surface area contributed by atoms with E-state index in [-0.39, 0.29) is 17.9 Å². The van der Waals surface area contributed by atoms with E-state index in [1.807, 2.05) is 42.5 Å². The van der Waals surface area contributed by atoms with Crippen LogP contribution < -0.4 is 19.5 Å². The summed E-state index contributed by atoms with van der Waals surface area (Å²) in [6, 6.07) is 13.8. The van der Waals surface area contributed by atoms with Crippen molar-refractivity contribution in [1.29, 1.82) is 0 Å². The molecule has 0 bridgehead atoms. The summed E-state index contributed by atoms with van der Waals surface area (Å²) in [6.07, 6.45) is 1.98. The van der Waals surface area contributed by atoms with Crippen LogP contribution in [0.25, 0.3) is 0 Å². The van der Waals surface area contributed by atoms with Crippen molar-refractivity contribution in [2.45, 2.75) is 39.2 Å². The molecule has 150 valence electrons. The second-order valence-electron chi connectivity index (χ2n) is 7.39. The Morgan fingerprint density at radius 1 is 1.07 bits per heavy atom. The van der Waals surface area contributed by atoms with Gasteiger partial charge in [0.1, 0.15) is 5.75 Å². The molecule has 1 aliphatic heterocycles. The van der Waals surface area contributed by atoms with Crippen LogP contribution in [0.5, 0.6) is 17.2 Å². The molecule has 3 rings (SSSR count).